The van der Waals surface area contributed by atoms with Gasteiger partial charge in [-0.1, -0.05) is 50.2 Å². The first-order valence-corrected chi connectivity index (χ1v) is 9.75. The van der Waals surface area contributed by atoms with Gasteiger partial charge in [0.25, 0.3) is 0 Å². The fourth-order valence-corrected chi connectivity index (χ4v) is 3.21. The number of carbonyl (C=O) groups is 2. The van der Waals surface area contributed by atoms with E-state index in [9.17, 15) is 9.59 Å². The number of carbonyl (C=O) groups excluding carboxylic acids is 2. The van der Waals surface area contributed by atoms with Gasteiger partial charge >= 0.3 is 5.97 Å². The first-order chi connectivity index (χ1) is 12.5. The predicted octanol–water partition coefficient (Wildman–Crippen LogP) is 4.15. The Kier molecular flexibility index (Phi) is 7.73. The van der Waals surface area contributed by atoms with Crippen LogP contribution in [0.25, 0.3) is 0 Å². The Hall–Kier alpha value is -2.27. The van der Waals surface area contributed by atoms with Crippen molar-refractivity contribution in [2.45, 2.75) is 32.1 Å². The zero-order valence-electron chi connectivity index (χ0n) is 15.5. The van der Waals surface area contributed by atoms with Gasteiger partial charge in [-0.05, 0) is 34.7 Å². The Labute approximate surface area is 159 Å². The summed E-state index contributed by atoms with van der Waals surface area (Å²) in [6, 6.07) is 15.6. The second kappa shape index (κ2) is 10.0. The molecule has 0 spiro atoms. The van der Waals surface area contributed by atoms with Gasteiger partial charge in [0.2, 0.25) is 5.91 Å². The van der Waals surface area contributed by atoms with Crippen molar-refractivity contribution in [3.8, 4) is 0 Å². The van der Waals surface area contributed by atoms with Gasteiger partial charge in [-0.25, -0.2) is 4.79 Å². The van der Waals surface area contributed by atoms with Crippen molar-refractivity contribution in [1.29, 1.82) is 0 Å². The summed E-state index contributed by atoms with van der Waals surface area (Å²) in [4.78, 5) is 23.3. The SMILES string of the molecule is COC(=O)c1ccc(CNC(=O)CSCc2ccc(C(C)C)cc2)cc1. The number of nitrogens with one attached hydrogen (secondary N) is 1. The average molecular weight is 372 g/mol. The van der Waals surface area contributed by atoms with E-state index in [0.29, 0.717) is 23.8 Å². The van der Waals surface area contributed by atoms with Crippen LogP contribution < -0.4 is 5.32 Å². The average Bonchev–Trinajstić information content (AvgIpc) is 2.66. The topological polar surface area (TPSA) is 55.4 Å². The van der Waals surface area contributed by atoms with Crippen LogP contribution in [0.1, 0.15) is 46.8 Å². The van der Waals surface area contributed by atoms with Crippen LogP contribution in [0.3, 0.4) is 0 Å². The van der Waals surface area contributed by atoms with Gasteiger partial charge in [-0.15, -0.1) is 11.8 Å². The fourth-order valence-electron chi connectivity index (χ4n) is 2.39. The number of esters is 1. The molecule has 0 atom stereocenters. The molecular weight excluding hydrogens is 346 g/mol. The highest BCUT2D eigenvalue weighted by Gasteiger charge is 2.06. The van der Waals surface area contributed by atoms with Gasteiger partial charge in [0.15, 0.2) is 0 Å². The largest absolute Gasteiger partial charge is 0.465 e. The number of rotatable bonds is 8. The van der Waals surface area contributed by atoms with Gasteiger partial charge in [0.05, 0.1) is 18.4 Å². The summed E-state index contributed by atoms with van der Waals surface area (Å²) in [5, 5.41) is 2.90. The van der Waals surface area contributed by atoms with Gasteiger partial charge in [-0.3, -0.25) is 4.79 Å². The molecule has 138 valence electrons. The number of benzene rings is 2. The molecule has 0 aliphatic carbocycles. The van der Waals surface area contributed by atoms with Crippen molar-refractivity contribution in [3.05, 3.63) is 70.8 Å². The third kappa shape index (κ3) is 6.23. The summed E-state index contributed by atoms with van der Waals surface area (Å²) in [5.74, 6) is 1.42. The Balaban J connectivity index is 1.71. The highest BCUT2D eigenvalue weighted by molar-refractivity contribution is 7.99. The molecule has 0 aliphatic rings. The van der Waals surface area contributed by atoms with Crippen LogP contribution in [0.15, 0.2) is 48.5 Å². The number of ether oxygens (including phenoxy) is 1. The maximum absolute atomic E-state index is 12.0. The molecule has 5 heteroatoms. The molecule has 0 heterocycles. The molecule has 0 bridgehead atoms. The zero-order valence-corrected chi connectivity index (χ0v) is 16.3. The molecule has 0 aromatic heterocycles. The highest BCUT2D eigenvalue weighted by Crippen LogP contribution is 2.17. The van der Waals surface area contributed by atoms with Crippen LogP contribution in [0, 0.1) is 0 Å². The van der Waals surface area contributed by atoms with Gasteiger partial charge < -0.3 is 10.1 Å². The second-order valence-electron chi connectivity index (χ2n) is 6.35. The van der Waals surface area contributed by atoms with Crippen molar-refractivity contribution >= 4 is 23.6 Å². The van der Waals surface area contributed by atoms with Crippen LogP contribution in [-0.2, 0) is 21.8 Å². The predicted molar refractivity (Wildman–Crippen MR) is 106 cm³/mol. The van der Waals surface area contributed by atoms with Crippen LogP contribution in [0.2, 0.25) is 0 Å². The maximum atomic E-state index is 12.0. The van der Waals surface area contributed by atoms with E-state index in [0.717, 1.165) is 11.3 Å². The minimum absolute atomic E-state index is 0.00541. The van der Waals surface area contributed by atoms with E-state index in [1.807, 2.05) is 12.1 Å². The van der Waals surface area contributed by atoms with Crippen LogP contribution in [-0.4, -0.2) is 24.7 Å². The van der Waals surface area contributed by atoms with E-state index >= 15 is 0 Å². The molecule has 0 radical (unpaired) electrons. The zero-order chi connectivity index (χ0) is 18.9. The van der Waals surface area contributed by atoms with E-state index < -0.39 is 0 Å². The first kappa shape index (κ1) is 20.0. The third-order valence-electron chi connectivity index (χ3n) is 4.01. The van der Waals surface area contributed by atoms with Crippen molar-refractivity contribution < 1.29 is 14.3 Å². The molecule has 4 nitrogen and oxygen atoms in total. The molecule has 1 N–H and O–H groups in total. The summed E-state index contributed by atoms with van der Waals surface area (Å²) < 4.78 is 4.66. The number of methoxy groups -OCH3 is 1. The van der Waals surface area contributed by atoms with E-state index in [1.165, 1.54) is 18.2 Å². The Morgan fingerprint density at radius 2 is 1.62 bits per heavy atom. The molecule has 1 amide bonds. The van der Waals surface area contributed by atoms with Crippen molar-refractivity contribution in [2.75, 3.05) is 12.9 Å². The van der Waals surface area contributed by atoms with Gasteiger partial charge in [0.1, 0.15) is 0 Å². The Bertz CT molecular complexity index is 724. The molecule has 26 heavy (non-hydrogen) atoms. The molecular formula is C21H25NO3S. The van der Waals surface area contributed by atoms with E-state index in [4.69, 9.17) is 0 Å². The lowest BCUT2D eigenvalue weighted by Gasteiger charge is -2.08. The molecule has 0 saturated heterocycles. The molecule has 0 unspecified atom stereocenters. The van der Waals surface area contributed by atoms with E-state index in [1.54, 1.807) is 23.9 Å². The van der Waals surface area contributed by atoms with Crippen LogP contribution >= 0.6 is 11.8 Å². The van der Waals surface area contributed by atoms with Gasteiger partial charge in [-0.2, -0.15) is 0 Å². The lowest BCUT2D eigenvalue weighted by molar-refractivity contribution is -0.118. The molecule has 2 aromatic carbocycles. The lowest BCUT2D eigenvalue weighted by atomic mass is 10.0. The van der Waals surface area contributed by atoms with E-state index in [-0.39, 0.29) is 11.9 Å². The maximum Gasteiger partial charge on any atom is 0.337 e. The summed E-state index contributed by atoms with van der Waals surface area (Å²) >= 11 is 1.60. The third-order valence-corrected chi connectivity index (χ3v) is 5.02. The van der Waals surface area contributed by atoms with Crippen LogP contribution in [0.4, 0.5) is 0 Å². The monoisotopic (exact) mass is 371 g/mol. The minimum atomic E-state index is -0.363. The second-order valence-corrected chi connectivity index (χ2v) is 7.34. The number of amides is 1. The van der Waals surface area contributed by atoms with Crippen LogP contribution in [0.5, 0.6) is 0 Å². The lowest BCUT2D eigenvalue weighted by Crippen LogP contribution is -2.24. The minimum Gasteiger partial charge on any atom is -0.465 e. The number of hydrogen-bond acceptors (Lipinski definition) is 4. The number of hydrogen-bond donors (Lipinski definition) is 1. The van der Waals surface area contributed by atoms with E-state index in [2.05, 4.69) is 48.2 Å². The first-order valence-electron chi connectivity index (χ1n) is 8.60. The Morgan fingerprint density at radius 3 is 2.19 bits per heavy atom. The standard InChI is InChI=1S/C21H25NO3S/c1-15(2)18-8-6-17(7-9-18)13-26-14-20(23)22-12-16-4-10-19(11-5-16)21(24)25-3/h4-11,15H,12-14H2,1-3H3,(H,22,23). The molecule has 0 fully saturated rings. The summed E-state index contributed by atoms with van der Waals surface area (Å²) in [5.41, 5.74) is 4.00. The van der Waals surface area contributed by atoms with Crippen molar-refractivity contribution in [2.24, 2.45) is 0 Å². The molecule has 2 rings (SSSR count). The quantitative estimate of drug-likeness (QED) is 0.709. The normalized spacial score (nSPS) is 10.6. The summed E-state index contributed by atoms with van der Waals surface area (Å²) in [6.45, 7) is 4.80. The van der Waals surface area contributed by atoms with Crippen molar-refractivity contribution in [3.63, 3.8) is 0 Å². The Morgan fingerprint density at radius 1 is 1.00 bits per heavy atom. The smallest absolute Gasteiger partial charge is 0.337 e. The molecule has 0 aliphatic heterocycles. The molecule has 0 saturated carbocycles. The van der Waals surface area contributed by atoms with Crippen molar-refractivity contribution in [1.82, 2.24) is 5.32 Å². The molecule has 2 aromatic rings. The summed E-state index contributed by atoms with van der Waals surface area (Å²) in [6.07, 6.45) is 0. The highest BCUT2D eigenvalue weighted by atomic mass is 32.2. The van der Waals surface area contributed by atoms with Gasteiger partial charge in [0, 0.05) is 12.3 Å². The number of thioether (sulfide) groups is 1. The fraction of sp³-hybridized carbons (Fsp3) is 0.333. The summed E-state index contributed by atoms with van der Waals surface area (Å²) in [7, 11) is 1.35.